The van der Waals surface area contributed by atoms with Crippen LogP contribution in [0.4, 0.5) is 0 Å². The average molecular weight is 522 g/mol. The highest BCUT2D eigenvalue weighted by Gasteiger charge is 2.59. The van der Waals surface area contributed by atoms with Crippen LogP contribution in [-0.4, -0.2) is 60.7 Å². The first-order valence-electron chi connectivity index (χ1n) is 15.1. The Morgan fingerprint density at radius 1 is 1.03 bits per heavy atom. The zero-order chi connectivity index (χ0) is 26.5. The van der Waals surface area contributed by atoms with E-state index >= 15 is 0 Å². The summed E-state index contributed by atoms with van der Waals surface area (Å²) in [6.45, 7) is 8.79. The third-order valence-corrected chi connectivity index (χ3v) is 11.4. The van der Waals surface area contributed by atoms with Crippen molar-refractivity contribution < 1.29 is 19.7 Å². The molecule has 7 atom stereocenters. The minimum atomic E-state index is -0.401. The summed E-state index contributed by atoms with van der Waals surface area (Å²) >= 11 is 0. The number of methoxy groups -OCH3 is 1. The highest BCUT2D eigenvalue weighted by molar-refractivity contribution is 5.60. The van der Waals surface area contributed by atoms with E-state index in [1.165, 1.54) is 43.5 Å². The van der Waals surface area contributed by atoms with Gasteiger partial charge in [-0.1, -0.05) is 37.6 Å². The number of nitrogens with zero attached hydrogens (tertiary/aromatic N) is 1. The van der Waals surface area contributed by atoms with Crippen molar-refractivity contribution in [2.24, 2.45) is 28.6 Å². The van der Waals surface area contributed by atoms with E-state index in [4.69, 9.17) is 9.47 Å². The minimum absolute atomic E-state index is 0.0639. The lowest BCUT2D eigenvalue weighted by molar-refractivity contribution is -0.0685. The molecular weight excluding hydrogens is 474 g/mol. The van der Waals surface area contributed by atoms with E-state index in [1.807, 2.05) is 6.07 Å². The number of hydrogen-bond acceptors (Lipinski definition) is 5. The van der Waals surface area contributed by atoms with Gasteiger partial charge in [0.25, 0.3) is 0 Å². The van der Waals surface area contributed by atoms with Crippen LogP contribution in [0.3, 0.4) is 0 Å². The Balaban J connectivity index is 1.19. The molecule has 1 aliphatic heterocycles. The van der Waals surface area contributed by atoms with Crippen LogP contribution < -0.4 is 9.47 Å². The molecule has 6 rings (SSSR count). The average Bonchev–Trinajstić information content (AvgIpc) is 3.52. The van der Waals surface area contributed by atoms with Crippen molar-refractivity contribution in [1.82, 2.24) is 4.90 Å². The van der Waals surface area contributed by atoms with Crippen LogP contribution in [0.15, 0.2) is 35.4 Å². The lowest BCUT2D eigenvalue weighted by atomic mass is 9.48. The van der Waals surface area contributed by atoms with Crippen molar-refractivity contribution in [1.29, 1.82) is 0 Å². The summed E-state index contributed by atoms with van der Waals surface area (Å²) in [6.07, 6.45) is 13.9. The smallest absolute Gasteiger partial charge is 0.161 e. The summed E-state index contributed by atoms with van der Waals surface area (Å²) in [5.41, 5.74) is 3.90. The predicted molar refractivity (Wildman–Crippen MR) is 151 cm³/mol. The quantitative estimate of drug-likeness (QED) is 0.460. The van der Waals surface area contributed by atoms with E-state index in [0.29, 0.717) is 24.4 Å². The van der Waals surface area contributed by atoms with Crippen LogP contribution in [0.2, 0.25) is 0 Å². The third kappa shape index (κ3) is 4.53. The zero-order valence-corrected chi connectivity index (χ0v) is 23.6. The number of fused-ring (bicyclic) bond motifs is 5. The molecule has 208 valence electrons. The van der Waals surface area contributed by atoms with Crippen LogP contribution in [-0.2, 0) is 0 Å². The first kappa shape index (κ1) is 26.4. The van der Waals surface area contributed by atoms with Gasteiger partial charge in [0.1, 0.15) is 6.61 Å². The van der Waals surface area contributed by atoms with Gasteiger partial charge in [-0.15, -0.1) is 0 Å². The summed E-state index contributed by atoms with van der Waals surface area (Å²) in [6, 6.07) is 6.18. The molecule has 3 saturated carbocycles. The summed E-state index contributed by atoms with van der Waals surface area (Å²) in [7, 11) is 1.70. The van der Waals surface area contributed by atoms with Gasteiger partial charge in [-0.25, -0.2) is 0 Å². The van der Waals surface area contributed by atoms with Crippen molar-refractivity contribution in [2.75, 3.05) is 33.4 Å². The number of ether oxygens (including phenoxy) is 2. The fourth-order valence-electron chi connectivity index (χ4n) is 9.04. The van der Waals surface area contributed by atoms with Gasteiger partial charge in [0.15, 0.2) is 11.5 Å². The van der Waals surface area contributed by atoms with Gasteiger partial charge in [0.2, 0.25) is 0 Å². The molecule has 1 heterocycles. The molecular formula is C33H47NO4. The summed E-state index contributed by atoms with van der Waals surface area (Å²) in [5.74, 6) is 3.32. The molecule has 0 unspecified atom stereocenters. The van der Waals surface area contributed by atoms with E-state index in [0.717, 1.165) is 62.1 Å². The van der Waals surface area contributed by atoms with Crippen molar-refractivity contribution in [3.63, 3.8) is 0 Å². The van der Waals surface area contributed by atoms with Crippen molar-refractivity contribution in [3.8, 4) is 11.5 Å². The lowest BCUT2D eigenvalue weighted by Crippen LogP contribution is -2.51. The van der Waals surface area contributed by atoms with Crippen molar-refractivity contribution in [2.45, 2.75) is 83.8 Å². The van der Waals surface area contributed by atoms with Gasteiger partial charge in [0.05, 0.1) is 19.3 Å². The summed E-state index contributed by atoms with van der Waals surface area (Å²) < 4.78 is 11.8. The number of aliphatic hydroxyl groups is 2. The van der Waals surface area contributed by atoms with Crippen molar-refractivity contribution in [3.05, 3.63) is 41.0 Å². The van der Waals surface area contributed by atoms with E-state index in [2.05, 4.69) is 43.0 Å². The third-order valence-electron chi connectivity index (χ3n) is 11.4. The van der Waals surface area contributed by atoms with Gasteiger partial charge in [-0.3, -0.25) is 4.90 Å². The molecule has 5 nitrogen and oxygen atoms in total. The molecule has 38 heavy (non-hydrogen) atoms. The molecule has 0 amide bonds. The molecule has 0 radical (unpaired) electrons. The second-order valence-electron chi connectivity index (χ2n) is 13.3. The topological polar surface area (TPSA) is 62.2 Å². The molecule has 1 aromatic carbocycles. The standard InChI is InChI=1S/C33H47NO4/c1-32-12-10-25(35)21-24(32)7-8-26-27(32)11-13-33(2)28(26)20-23(31(33)36)18-22-6-9-29(30(19-22)37-3)38-17-16-34-14-4-5-15-34/h6-7,9,18-19,25-28,31,35-36H,4-5,8,10-17,20-21H2,1-3H3/b23-18-/t25-,26+,27-,28-,31-,32-,33-/m0/s1. The van der Waals surface area contributed by atoms with Gasteiger partial charge < -0.3 is 19.7 Å². The summed E-state index contributed by atoms with van der Waals surface area (Å²) in [4.78, 5) is 2.46. The number of rotatable bonds is 6. The number of hydrogen-bond donors (Lipinski definition) is 2. The van der Waals surface area contributed by atoms with Crippen LogP contribution in [0.1, 0.15) is 77.2 Å². The number of likely N-dealkylation sites (tertiary alicyclic amines) is 1. The maximum Gasteiger partial charge on any atom is 0.161 e. The molecule has 0 aromatic heterocycles. The van der Waals surface area contributed by atoms with Gasteiger partial charge in [-0.2, -0.15) is 0 Å². The Kier molecular flexibility index (Phi) is 7.15. The number of allylic oxidation sites excluding steroid dienone is 1. The first-order chi connectivity index (χ1) is 18.3. The maximum absolute atomic E-state index is 11.7. The van der Waals surface area contributed by atoms with Crippen LogP contribution in [0.25, 0.3) is 6.08 Å². The molecule has 1 aromatic rings. The molecule has 4 aliphatic carbocycles. The zero-order valence-electron chi connectivity index (χ0n) is 23.6. The van der Waals surface area contributed by atoms with E-state index < -0.39 is 6.10 Å². The molecule has 0 spiro atoms. The second-order valence-corrected chi connectivity index (χ2v) is 13.3. The summed E-state index contributed by atoms with van der Waals surface area (Å²) in [5, 5.41) is 22.0. The molecule has 2 N–H and O–H groups in total. The Bertz CT molecular complexity index is 1090. The molecule has 4 fully saturated rings. The van der Waals surface area contributed by atoms with Gasteiger partial charge >= 0.3 is 0 Å². The van der Waals surface area contributed by atoms with Crippen LogP contribution in [0.5, 0.6) is 11.5 Å². The highest BCUT2D eigenvalue weighted by Crippen LogP contribution is 2.65. The Hall–Kier alpha value is -1.82. The fraction of sp³-hybridized carbons (Fsp3) is 0.697. The molecule has 5 aliphatic rings. The van der Waals surface area contributed by atoms with E-state index in [-0.39, 0.29) is 16.9 Å². The van der Waals surface area contributed by atoms with Gasteiger partial charge in [-0.05, 0) is 117 Å². The highest BCUT2D eigenvalue weighted by atomic mass is 16.5. The maximum atomic E-state index is 11.7. The van der Waals surface area contributed by atoms with Gasteiger partial charge in [0, 0.05) is 12.0 Å². The van der Waals surface area contributed by atoms with Crippen molar-refractivity contribution >= 4 is 6.08 Å². The Morgan fingerprint density at radius 2 is 1.84 bits per heavy atom. The fourth-order valence-corrected chi connectivity index (χ4v) is 9.04. The molecule has 5 heteroatoms. The van der Waals surface area contributed by atoms with E-state index in [1.54, 1.807) is 7.11 Å². The van der Waals surface area contributed by atoms with Crippen LogP contribution in [0, 0.1) is 28.6 Å². The first-order valence-corrected chi connectivity index (χ1v) is 15.1. The largest absolute Gasteiger partial charge is 0.493 e. The lowest BCUT2D eigenvalue weighted by Gasteiger charge is -2.57. The second kappa shape index (κ2) is 10.3. The SMILES string of the molecule is COc1cc(/C=C2/C[C@H]3[C@@H]4CC=C5C[C@@H](O)CC[C@]5(C)[C@H]4CC[C@]3(C)[C@H]2O)ccc1OCCN1CCCC1. The van der Waals surface area contributed by atoms with Crippen LogP contribution >= 0.6 is 0 Å². The molecule has 0 bridgehead atoms. The predicted octanol–water partition coefficient (Wildman–Crippen LogP) is 5.85. The Labute approximate surface area is 228 Å². The normalized spacial score (nSPS) is 39.9. The monoisotopic (exact) mass is 521 g/mol. The molecule has 1 saturated heterocycles. The number of aliphatic hydroxyl groups excluding tert-OH is 2. The minimum Gasteiger partial charge on any atom is -0.493 e. The Morgan fingerprint density at radius 3 is 2.63 bits per heavy atom. The number of benzene rings is 1. The van der Waals surface area contributed by atoms with E-state index in [9.17, 15) is 10.2 Å².